The number of alkyl halides is 3. The van der Waals surface area contributed by atoms with E-state index >= 15 is 0 Å². The molecule has 1 amide bonds. The van der Waals surface area contributed by atoms with Gasteiger partial charge in [-0.1, -0.05) is 32.9 Å². The van der Waals surface area contributed by atoms with Crippen molar-refractivity contribution >= 4 is 5.91 Å². The number of carbonyl (C=O) groups excluding carboxylic acids is 1. The van der Waals surface area contributed by atoms with Crippen LogP contribution in [0.3, 0.4) is 0 Å². The van der Waals surface area contributed by atoms with Crippen LogP contribution in [0.4, 0.5) is 17.6 Å². The first-order valence-electron chi connectivity index (χ1n) is 10.3. The third kappa shape index (κ3) is 5.47. The molecule has 0 N–H and O–H groups in total. The molecular weight excluding hydrogens is 412 g/mol. The molecule has 2 heterocycles. The lowest BCUT2D eigenvalue weighted by atomic mass is 9.96. The fraction of sp³-hybridized carbons (Fsp3) is 0.522. The monoisotopic (exact) mass is 440 g/mol. The van der Waals surface area contributed by atoms with Crippen molar-refractivity contribution in [2.24, 2.45) is 5.41 Å². The Balaban J connectivity index is 2.17. The van der Waals surface area contributed by atoms with Crippen molar-refractivity contribution in [3.05, 3.63) is 47.5 Å². The van der Waals surface area contributed by atoms with Gasteiger partial charge in [0.05, 0.1) is 6.10 Å². The van der Waals surface area contributed by atoms with Gasteiger partial charge in [-0.3, -0.25) is 4.79 Å². The number of halogens is 4. The smallest absolute Gasteiger partial charge is 0.376 e. The maximum Gasteiger partial charge on any atom is 0.431 e. The predicted octanol–water partition coefficient (Wildman–Crippen LogP) is 5.61. The summed E-state index contributed by atoms with van der Waals surface area (Å²) in [4.78, 5) is 14.9. The topological polar surface area (TPSA) is 34.5 Å². The molecule has 3 rings (SSSR count). The van der Waals surface area contributed by atoms with Gasteiger partial charge in [0.15, 0.2) is 0 Å². The number of rotatable bonds is 5. The lowest BCUT2D eigenvalue weighted by molar-refractivity contribution is -0.144. The maximum atomic E-state index is 14.0. The second-order valence-corrected chi connectivity index (χ2v) is 9.26. The molecule has 0 radical (unpaired) electrons. The molecule has 0 aliphatic carbocycles. The summed E-state index contributed by atoms with van der Waals surface area (Å²) in [5.74, 6) is -1.01. The predicted molar refractivity (Wildman–Crippen MR) is 110 cm³/mol. The Kier molecular flexibility index (Phi) is 6.51. The third-order valence-electron chi connectivity index (χ3n) is 5.21. The van der Waals surface area contributed by atoms with Crippen LogP contribution in [0.25, 0.3) is 11.1 Å². The van der Waals surface area contributed by atoms with Gasteiger partial charge in [-0.2, -0.15) is 13.2 Å². The number of hydrogen-bond donors (Lipinski definition) is 0. The van der Waals surface area contributed by atoms with Gasteiger partial charge in [0.25, 0.3) is 5.91 Å². The zero-order valence-corrected chi connectivity index (χ0v) is 18.2. The van der Waals surface area contributed by atoms with Crippen LogP contribution in [0.2, 0.25) is 0 Å². The molecular formula is C23H28F4N2O2. The molecule has 31 heavy (non-hydrogen) atoms. The summed E-state index contributed by atoms with van der Waals surface area (Å²) in [7, 11) is 1.58. The number of carbonyl (C=O) groups is 1. The zero-order chi connectivity index (χ0) is 23.0. The molecule has 1 aliphatic heterocycles. The SMILES string of the molecule is CN(CC(C)(C)C)C(=O)c1c(-c2ccc(F)cc2)cc(C(F)(F)F)n1CC1CCCO1. The Morgan fingerprint density at radius 2 is 1.84 bits per heavy atom. The Morgan fingerprint density at radius 3 is 2.35 bits per heavy atom. The normalized spacial score (nSPS) is 17.2. The Bertz CT molecular complexity index is 921. The van der Waals surface area contributed by atoms with Crippen LogP contribution in [-0.2, 0) is 17.5 Å². The van der Waals surface area contributed by atoms with Crippen LogP contribution in [0.5, 0.6) is 0 Å². The van der Waals surface area contributed by atoms with Crippen molar-refractivity contribution < 1.29 is 27.1 Å². The average molecular weight is 440 g/mol. The number of nitrogens with zero attached hydrogens (tertiary/aromatic N) is 2. The van der Waals surface area contributed by atoms with E-state index in [4.69, 9.17) is 4.74 Å². The Hall–Kier alpha value is -2.35. The van der Waals surface area contributed by atoms with E-state index in [2.05, 4.69) is 0 Å². The van der Waals surface area contributed by atoms with E-state index in [0.29, 0.717) is 25.1 Å². The second kappa shape index (κ2) is 8.65. The molecule has 1 aromatic carbocycles. The van der Waals surface area contributed by atoms with Crippen LogP contribution in [-0.4, -0.2) is 41.7 Å². The van der Waals surface area contributed by atoms with Crippen LogP contribution in [0.1, 0.15) is 49.8 Å². The highest BCUT2D eigenvalue weighted by Crippen LogP contribution is 2.38. The van der Waals surface area contributed by atoms with E-state index in [9.17, 15) is 22.4 Å². The first-order chi connectivity index (χ1) is 14.4. The molecule has 1 unspecified atom stereocenters. The first kappa shape index (κ1) is 23.3. The van der Waals surface area contributed by atoms with Crippen molar-refractivity contribution in [2.75, 3.05) is 20.2 Å². The molecule has 1 saturated heterocycles. The lowest BCUT2D eigenvalue weighted by Crippen LogP contribution is -2.36. The van der Waals surface area contributed by atoms with Gasteiger partial charge in [-0.25, -0.2) is 4.39 Å². The number of ether oxygens (including phenoxy) is 1. The molecule has 0 saturated carbocycles. The van der Waals surface area contributed by atoms with E-state index < -0.39 is 29.7 Å². The maximum absolute atomic E-state index is 14.0. The van der Waals surface area contributed by atoms with Crippen LogP contribution in [0.15, 0.2) is 30.3 Å². The second-order valence-electron chi connectivity index (χ2n) is 9.26. The molecule has 2 aromatic rings. The molecule has 1 aromatic heterocycles. The third-order valence-corrected chi connectivity index (χ3v) is 5.21. The lowest BCUT2D eigenvalue weighted by Gasteiger charge is -2.28. The zero-order valence-electron chi connectivity index (χ0n) is 18.2. The van der Waals surface area contributed by atoms with Gasteiger partial charge in [0.1, 0.15) is 17.2 Å². The van der Waals surface area contributed by atoms with E-state index in [1.54, 1.807) is 7.05 Å². The molecule has 1 fully saturated rings. The van der Waals surface area contributed by atoms with Crippen molar-refractivity contribution in [1.82, 2.24) is 9.47 Å². The number of benzene rings is 1. The first-order valence-corrected chi connectivity index (χ1v) is 10.3. The summed E-state index contributed by atoms with van der Waals surface area (Å²) in [6.07, 6.45) is -3.65. The van der Waals surface area contributed by atoms with Gasteiger partial charge in [0, 0.05) is 32.3 Å². The minimum absolute atomic E-state index is 0.0545. The van der Waals surface area contributed by atoms with Crippen LogP contribution >= 0.6 is 0 Å². The van der Waals surface area contributed by atoms with Crippen molar-refractivity contribution in [2.45, 2.75) is 52.4 Å². The van der Waals surface area contributed by atoms with Crippen molar-refractivity contribution in [3.8, 4) is 11.1 Å². The van der Waals surface area contributed by atoms with E-state index in [-0.39, 0.29) is 23.2 Å². The number of hydrogen-bond acceptors (Lipinski definition) is 2. The molecule has 0 bridgehead atoms. The largest absolute Gasteiger partial charge is 0.431 e. The van der Waals surface area contributed by atoms with Gasteiger partial charge < -0.3 is 14.2 Å². The summed E-state index contributed by atoms with van der Waals surface area (Å²) in [6.45, 7) is 6.63. The standard InChI is InChI=1S/C23H28F4N2O2/c1-22(2,3)14-28(4)21(30)20-18(15-7-9-16(24)10-8-15)12-19(23(25,26)27)29(20)13-17-6-5-11-31-17/h7-10,12,17H,5-6,11,13-14H2,1-4H3. The fourth-order valence-corrected chi connectivity index (χ4v) is 4.01. The van der Waals surface area contributed by atoms with Gasteiger partial charge in [-0.15, -0.1) is 0 Å². The van der Waals surface area contributed by atoms with Crippen LogP contribution in [0, 0.1) is 11.2 Å². The number of aromatic nitrogens is 1. The highest BCUT2D eigenvalue weighted by molar-refractivity contribution is 6.00. The number of amides is 1. The fourth-order valence-electron chi connectivity index (χ4n) is 4.01. The average Bonchev–Trinajstić information content (AvgIpc) is 3.28. The van der Waals surface area contributed by atoms with Gasteiger partial charge >= 0.3 is 6.18 Å². The summed E-state index contributed by atoms with van der Waals surface area (Å²) >= 11 is 0. The van der Waals surface area contributed by atoms with E-state index in [0.717, 1.165) is 17.1 Å². The van der Waals surface area contributed by atoms with Gasteiger partial charge in [0.2, 0.25) is 0 Å². The molecule has 0 spiro atoms. The highest BCUT2D eigenvalue weighted by Gasteiger charge is 2.39. The van der Waals surface area contributed by atoms with Crippen molar-refractivity contribution in [3.63, 3.8) is 0 Å². The summed E-state index contributed by atoms with van der Waals surface area (Å²) in [5, 5.41) is 0. The van der Waals surface area contributed by atoms with Crippen molar-refractivity contribution in [1.29, 1.82) is 0 Å². The van der Waals surface area contributed by atoms with E-state index in [1.165, 1.54) is 29.2 Å². The summed E-state index contributed by atoms with van der Waals surface area (Å²) < 4.78 is 62.0. The molecule has 8 heteroatoms. The molecule has 4 nitrogen and oxygen atoms in total. The molecule has 170 valence electrons. The quantitative estimate of drug-likeness (QED) is 0.567. The minimum atomic E-state index is -4.66. The van der Waals surface area contributed by atoms with Crippen LogP contribution < -0.4 is 0 Å². The summed E-state index contributed by atoms with van der Waals surface area (Å²) in [5.41, 5.74) is -0.711. The highest BCUT2D eigenvalue weighted by atomic mass is 19.4. The van der Waals surface area contributed by atoms with Gasteiger partial charge in [-0.05, 0) is 42.0 Å². The molecule has 1 atom stereocenters. The Labute approximate surface area is 179 Å². The Morgan fingerprint density at radius 1 is 1.19 bits per heavy atom. The summed E-state index contributed by atoms with van der Waals surface area (Å²) in [6, 6.07) is 6.12. The minimum Gasteiger partial charge on any atom is -0.376 e. The van der Waals surface area contributed by atoms with E-state index in [1.807, 2.05) is 20.8 Å². The molecule has 1 aliphatic rings.